The first kappa shape index (κ1) is 12.7. The number of nitrogens with zero attached hydrogens (tertiary/aromatic N) is 3. The average Bonchev–Trinajstić information content (AvgIpc) is 2.45. The molecule has 1 amide bonds. The van der Waals surface area contributed by atoms with E-state index in [1.54, 1.807) is 6.07 Å². The van der Waals surface area contributed by atoms with E-state index < -0.39 is 5.91 Å². The van der Waals surface area contributed by atoms with Gasteiger partial charge in [0.2, 0.25) is 5.91 Å². The van der Waals surface area contributed by atoms with E-state index in [1.807, 2.05) is 42.5 Å². The van der Waals surface area contributed by atoms with Crippen molar-refractivity contribution in [3.8, 4) is 11.1 Å². The average molecular weight is 252 g/mol. The van der Waals surface area contributed by atoms with Crippen LogP contribution in [-0.2, 0) is 6.54 Å². The molecule has 0 saturated carbocycles. The number of azide groups is 1. The zero-order valence-corrected chi connectivity index (χ0v) is 10.2. The molecule has 0 unspecified atom stereocenters. The maximum atomic E-state index is 11.5. The summed E-state index contributed by atoms with van der Waals surface area (Å²) in [6.07, 6.45) is 0. The summed E-state index contributed by atoms with van der Waals surface area (Å²) in [5.41, 5.74) is 16.6. The van der Waals surface area contributed by atoms with Crippen LogP contribution in [0.25, 0.3) is 21.6 Å². The molecule has 2 N–H and O–H groups in total. The smallest absolute Gasteiger partial charge is 0.249 e. The molecule has 0 heterocycles. The molecule has 0 aliphatic carbocycles. The number of amides is 1. The van der Waals surface area contributed by atoms with Gasteiger partial charge in [-0.3, -0.25) is 4.79 Å². The number of carbonyl (C=O) groups is 1. The largest absolute Gasteiger partial charge is 0.366 e. The normalized spacial score (nSPS) is 9.68. The molecule has 2 aromatic carbocycles. The number of hydrogen-bond donors (Lipinski definition) is 1. The van der Waals surface area contributed by atoms with E-state index in [-0.39, 0.29) is 6.54 Å². The Morgan fingerprint density at radius 2 is 1.95 bits per heavy atom. The van der Waals surface area contributed by atoms with Gasteiger partial charge in [-0.25, -0.2) is 0 Å². The van der Waals surface area contributed by atoms with Crippen LogP contribution in [-0.4, -0.2) is 5.91 Å². The van der Waals surface area contributed by atoms with Crippen LogP contribution in [0.3, 0.4) is 0 Å². The minimum Gasteiger partial charge on any atom is -0.366 e. The van der Waals surface area contributed by atoms with Crippen LogP contribution >= 0.6 is 0 Å². The van der Waals surface area contributed by atoms with Crippen LogP contribution < -0.4 is 5.73 Å². The number of nitrogens with two attached hydrogens (primary N) is 1. The molecule has 0 aromatic heterocycles. The fourth-order valence-corrected chi connectivity index (χ4v) is 1.88. The van der Waals surface area contributed by atoms with Crippen LogP contribution in [0.5, 0.6) is 0 Å². The molecular formula is C14H12N4O. The van der Waals surface area contributed by atoms with Gasteiger partial charge in [-0.2, -0.15) is 0 Å². The van der Waals surface area contributed by atoms with Crippen molar-refractivity contribution in [2.45, 2.75) is 6.54 Å². The standard InChI is InChI=1S/C14H12N4O/c15-14(19)13-8-10(9-17-18-16)6-7-12(13)11-4-2-1-3-5-11/h1-8H,9H2,(H2,15,19). The van der Waals surface area contributed by atoms with E-state index in [2.05, 4.69) is 10.0 Å². The molecule has 0 aliphatic heterocycles. The number of hydrogen-bond acceptors (Lipinski definition) is 2. The van der Waals surface area contributed by atoms with Crippen molar-refractivity contribution in [3.05, 3.63) is 70.1 Å². The van der Waals surface area contributed by atoms with Gasteiger partial charge in [-0.15, -0.1) is 0 Å². The van der Waals surface area contributed by atoms with Crippen molar-refractivity contribution >= 4 is 5.91 Å². The third-order valence-electron chi connectivity index (χ3n) is 2.75. The zero-order chi connectivity index (χ0) is 13.7. The molecule has 0 saturated heterocycles. The van der Waals surface area contributed by atoms with E-state index in [1.165, 1.54) is 0 Å². The van der Waals surface area contributed by atoms with Gasteiger partial charge in [0.15, 0.2) is 0 Å². The lowest BCUT2D eigenvalue weighted by molar-refractivity contribution is 0.100. The zero-order valence-electron chi connectivity index (χ0n) is 10.2. The minimum atomic E-state index is -0.498. The highest BCUT2D eigenvalue weighted by Gasteiger charge is 2.10. The SMILES string of the molecule is [N-]=[N+]=NCc1ccc(-c2ccccc2)c(C(N)=O)c1. The monoisotopic (exact) mass is 252 g/mol. The molecular weight excluding hydrogens is 240 g/mol. The Hall–Kier alpha value is -2.78. The summed E-state index contributed by atoms with van der Waals surface area (Å²) in [7, 11) is 0. The number of carbonyl (C=O) groups excluding carboxylic acids is 1. The first-order chi connectivity index (χ1) is 9.22. The maximum absolute atomic E-state index is 11.5. The van der Waals surface area contributed by atoms with Crippen molar-refractivity contribution in [2.75, 3.05) is 0 Å². The summed E-state index contributed by atoms with van der Waals surface area (Å²) in [5, 5.41) is 3.47. The summed E-state index contributed by atoms with van der Waals surface area (Å²) in [6, 6.07) is 14.8. The summed E-state index contributed by atoms with van der Waals surface area (Å²) in [6.45, 7) is 0.200. The van der Waals surface area contributed by atoms with E-state index in [9.17, 15) is 4.79 Å². The van der Waals surface area contributed by atoms with Crippen LogP contribution in [0.15, 0.2) is 53.6 Å². The van der Waals surface area contributed by atoms with Gasteiger partial charge in [0.05, 0.1) is 6.54 Å². The lowest BCUT2D eigenvalue weighted by Gasteiger charge is -2.08. The highest BCUT2D eigenvalue weighted by atomic mass is 16.1. The van der Waals surface area contributed by atoms with E-state index >= 15 is 0 Å². The molecule has 0 spiro atoms. The van der Waals surface area contributed by atoms with Gasteiger partial charge in [-0.1, -0.05) is 47.6 Å². The highest BCUT2D eigenvalue weighted by molar-refractivity contribution is 6.00. The van der Waals surface area contributed by atoms with Crippen molar-refractivity contribution in [2.24, 2.45) is 10.8 Å². The van der Waals surface area contributed by atoms with Crippen molar-refractivity contribution in [1.29, 1.82) is 0 Å². The van der Waals surface area contributed by atoms with Gasteiger partial charge in [0.1, 0.15) is 0 Å². The topological polar surface area (TPSA) is 91.8 Å². The molecule has 5 nitrogen and oxygen atoms in total. The van der Waals surface area contributed by atoms with Crippen LogP contribution in [0.2, 0.25) is 0 Å². The molecule has 0 atom stereocenters. The molecule has 0 bridgehead atoms. The van der Waals surface area contributed by atoms with Crippen molar-refractivity contribution in [1.82, 2.24) is 0 Å². The predicted molar refractivity (Wildman–Crippen MR) is 73.2 cm³/mol. The van der Waals surface area contributed by atoms with E-state index in [4.69, 9.17) is 11.3 Å². The molecule has 94 valence electrons. The fraction of sp³-hybridized carbons (Fsp3) is 0.0714. The number of rotatable bonds is 4. The maximum Gasteiger partial charge on any atom is 0.249 e. The van der Waals surface area contributed by atoms with Crippen LogP contribution in [0, 0.1) is 0 Å². The molecule has 0 fully saturated rings. The predicted octanol–water partition coefficient (Wildman–Crippen LogP) is 3.26. The molecule has 2 rings (SSSR count). The van der Waals surface area contributed by atoms with Crippen LogP contribution in [0.4, 0.5) is 0 Å². The van der Waals surface area contributed by atoms with Gasteiger partial charge in [-0.05, 0) is 28.3 Å². The lowest BCUT2D eigenvalue weighted by atomic mass is 9.97. The molecule has 5 heteroatoms. The second kappa shape index (κ2) is 5.71. The first-order valence-electron chi connectivity index (χ1n) is 5.71. The summed E-state index contributed by atoms with van der Waals surface area (Å²) >= 11 is 0. The van der Waals surface area contributed by atoms with Gasteiger partial charge < -0.3 is 5.73 Å². The quantitative estimate of drug-likeness (QED) is 0.504. The summed E-state index contributed by atoms with van der Waals surface area (Å²) < 4.78 is 0. The molecule has 2 aromatic rings. The van der Waals surface area contributed by atoms with Crippen LogP contribution in [0.1, 0.15) is 15.9 Å². The summed E-state index contributed by atoms with van der Waals surface area (Å²) in [5.74, 6) is -0.498. The third-order valence-corrected chi connectivity index (χ3v) is 2.75. The highest BCUT2D eigenvalue weighted by Crippen LogP contribution is 2.24. The van der Waals surface area contributed by atoms with Gasteiger partial charge >= 0.3 is 0 Å². The Kier molecular flexibility index (Phi) is 3.81. The minimum absolute atomic E-state index is 0.200. The Morgan fingerprint density at radius 3 is 2.58 bits per heavy atom. The van der Waals surface area contributed by atoms with Gasteiger partial charge in [0.25, 0.3) is 0 Å². The molecule has 19 heavy (non-hydrogen) atoms. The Bertz CT molecular complexity index is 646. The van der Waals surface area contributed by atoms with E-state index in [0.29, 0.717) is 5.56 Å². The first-order valence-corrected chi connectivity index (χ1v) is 5.71. The Balaban J connectivity index is 2.50. The summed E-state index contributed by atoms with van der Waals surface area (Å²) in [4.78, 5) is 14.2. The lowest BCUT2D eigenvalue weighted by Crippen LogP contribution is -2.12. The molecule has 0 radical (unpaired) electrons. The van der Waals surface area contributed by atoms with Crippen molar-refractivity contribution in [3.63, 3.8) is 0 Å². The molecule has 0 aliphatic rings. The van der Waals surface area contributed by atoms with E-state index in [0.717, 1.165) is 16.7 Å². The number of primary amides is 1. The fourth-order valence-electron chi connectivity index (χ4n) is 1.88. The Labute approximate surface area is 110 Å². The van der Waals surface area contributed by atoms with Gasteiger partial charge in [0, 0.05) is 10.5 Å². The third kappa shape index (κ3) is 2.91. The second-order valence-electron chi connectivity index (χ2n) is 4.00. The Morgan fingerprint density at radius 1 is 1.21 bits per heavy atom. The second-order valence-corrected chi connectivity index (χ2v) is 4.00. The van der Waals surface area contributed by atoms with Crippen molar-refractivity contribution < 1.29 is 4.79 Å². The number of benzene rings is 2.